The highest BCUT2D eigenvalue weighted by molar-refractivity contribution is 6.30. The second-order valence-corrected chi connectivity index (χ2v) is 22.1. The molecule has 1 saturated carbocycles. The smallest absolute Gasteiger partial charge is 0.185 e. The number of benzene rings is 4. The summed E-state index contributed by atoms with van der Waals surface area (Å²) in [7, 11) is 0. The second-order valence-electron chi connectivity index (χ2n) is 22.1. The fourth-order valence-electron chi connectivity index (χ4n) is 11.8. The van der Waals surface area contributed by atoms with E-state index in [0.717, 1.165) is 120 Å². The Morgan fingerprint density at radius 3 is 0.595 bits per heavy atom. The van der Waals surface area contributed by atoms with E-state index in [0.29, 0.717) is 67.4 Å². The molecule has 0 aromatic heterocycles. The van der Waals surface area contributed by atoms with Crippen molar-refractivity contribution in [2.24, 2.45) is 20.0 Å². The third kappa shape index (κ3) is 13.1. The molecule has 432 valence electrons. The van der Waals surface area contributed by atoms with E-state index in [4.69, 9.17) is 20.0 Å². The van der Waals surface area contributed by atoms with Gasteiger partial charge in [-0.15, -0.1) is 0 Å². The maximum atomic E-state index is 15.3. The number of hydrogen-bond acceptors (Lipinski definition) is 12. The van der Waals surface area contributed by atoms with Gasteiger partial charge in [-0.05, 0) is 227 Å². The summed E-state index contributed by atoms with van der Waals surface area (Å²) in [6.07, 6.45) is 14.0. The summed E-state index contributed by atoms with van der Waals surface area (Å²) in [6.45, 7) is 32.1. The first-order valence-corrected chi connectivity index (χ1v) is 30.1. The molecular formula is C72H80N8O4. The Morgan fingerprint density at radius 2 is 0.452 bits per heavy atom. The minimum absolute atomic E-state index is 0.0502. The first kappa shape index (κ1) is 60.0. The maximum absolute atomic E-state index is 15.3. The second kappa shape index (κ2) is 26.3. The van der Waals surface area contributed by atoms with Crippen LogP contribution >= 0.6 is 0 Å². The lowest BCUT2D eigenvalue weighted by Crippen LogP contribution is -2.24. The zero-order valence-corrected chi connectivity index (χ0v) is 51.2. The fraction of sp³-hybridized carbons (Fsp3) is 0.333. The predicted molar refractivity (Wildman–Crippen MR) is 351 cm³/mol. The van der Waals surface area contributed by atoms with Crippen molar-refractivity contribution >= 4 is 91.5 Å². The predicted octanol–water partition coefficient (Wildman–Crippen LogP) is 15.0. The van der Waals surface area contributed by atoms with Crippen molar-refractivity contribution in [1.82, 2.24) is 0 Å². The largest absolute Gasteiger partial charge is 0.372 e. The number of Topliss-reactive ketones (excluding diaryl/α,β-unsaturated/α-hetero) is 4. The van der Waals surface area contributed by atoms with Crippen molar-refractivity contribution in [3.05, 3.63) is 188 Å². The highest BCUT2D eigenvalue weighted by Crippen LogP contribution is 2.38. The van der Waals surface area contributed by atoms with E-state index in [1.165, 1.54) is 0 Å². The monoisotopic (exact) mass is 1120 g/mol. The molecule has 5 aliphatic carbocycles. The summed E-state index contributed by atoms with van der Waals surface area (Å²) in [5.41, 5.74) is 16.1. The molecular weight excluding hydrogens is 1040 g/mol. The van der Waals surface area contributed by atoms with Gasteiger partial charge in [-0.2, -0.15) is 0 Å². The van der Waals surface area contributed by atoms with Crippen molar-refractivity contribution in [2.45, 2.75) is 109 Å². The lowest BCUT2D eigenvalue weighted by atomic mass is 9.79. The van der Waals surface area contributed by atoms with Gasteiger partial charge in [-0.3, -0.25) is 19.2 Å². The van der Waals surface area contributed by atoms with Gasteiger partial charge in [0.05, 0.1) is 45.6 Å². The summed E-state index contributed by atoms with van der Waals surface area (Å²) in [5, 5.41) is 0. The van der Waals surface area contributed by atoms with E-state index in [1.807, 2.05) is 52.0 Å². The van der Waals surface area contributed by atoms with Crippen LogP contribution in [0.3, 0.4) is 0 Å². The van der Waals surface area contributed by atoms with E-state index >= 15 is 19.2 Å². The van der Waals surface area contributed by atoms with E-state index in [-0.39, 0.29) is 48.8 Å². The Hall–Kier alpha value is -8.64. The molecule has 12 nitrogen and oxygen atoms in total. The molecule has 0 atom stereocenters. The third-order valence-corrected chi connectivity index (χ3v) is 16.7. The molecule has 5 aliphatic rings. The van der Waals surface area contributed by atoms with Gasteiger partial charge in [0.15, 0.2) is 23.1 Å². The van der Waals surface area contributed by atoms with E-state index < -0.39 is 0 Å². The number of ketones is 4. The summed E-state index contributed by atoms with van der Waals surface area (Å²) in [6, 6.07) is 24.8. The van der Waals surface area contributed by atoms with Crippen molar-refractivity contribution < 1.29 is 19.2 Å². The summed E-state index contributed by atoms with van der Waals surface area (Å²) >= 11 is 0. The van der Waals surface area contributed by atoms with E-state index in [1.54, 1.807) is 48.6 Å². The molecule has 0 spiro atoms. The normalized spacial score (nSPS) is 16.1. The molecule has 0 N–H and O–H groups in total. The number of fused-ring (bicyclic) bond motifs is 8. The Labute approximate surface area is 497 Å². The standard InChI is InChI=1S/C72H80N8O4/c1-13-77(14-2)61-21-25-65(45(9)29-61)73-57-37-49-33-51-39-58(74-66-26-22-62(30-46(66)10)78(15-3)16-4)41-53(70(51)82)35-55-43-60(76-68-28-24-64(32-48(68)12)80(19-7)20-8)44-56(72(55)84)36-54-42-59(40-52(71(54)83)34-50(38-57)69(49)81)75-67-27-23-63(31-47(67)11)79(17-5)18-6/h21-32,37-44H,13-20,33-36H2,1-12H3. The molecule has 0 radical (unpaired) electrons. The number of carbonyl (C=O) groups excluding carboxylic acids is 4. The van der Waals surface area contributed by atoms with Crippen LogP contribution in [0, 0.1) is 27.7 Å². The number of hydrogen-bond donors (Lipinski definition) is 0. The van der Waals surface area contributed by atoms with Crippen molar-refractivity contribution in [2.75, 3.05) is 72.0 Å². The van der Waals surface area contributed by atoms with Gasteiger partial charge in [0, 0.05) is 145 Å². The molecule has 1 fully saturated rings. The molecule has 84 heavy (non-hydrogen) atoms. The fourth-order valence-corrected chi connectivity index (χ4v) is 11.8. The number of nitrogens with zero attached hydrogens (tertiary/aromatic N) is 8. The van der Waals surface area contributed by atoms with Crippen LogP contribution in [0.15, 0.2) is 186 Å². The lowest BCUT2D eigenvalue weighted by molar-refractivity contribution is -0.113. The Bertz CT molecular complexity index is 3150. The van der Waals surface area contributed by atoms with Gasteiger partial charge in [-0.1, -0.05) is 0 Å². The Morgan fingerprint density at radius 1 is 0.286 bits per heavy atom. The average Bonchev–Trinajstić information content (AvgIpc) is 2.32. The number of carbonyl (C=O) groups is 4. The highest BCUT2D eigenvalue weighted by atomic mass is 16.1. The van der Waals surface area contributed by atoms with Gasteiger partial charge in [-0.25, -0.2) is 20.0 Å². The molecule has 0 unspecified atom stereocenters. The molecule has 0 amide bonds. The zero-order valence-electron chi connectivity index (χ0n) is 51.2. The molecule has 0 saturated heterocycles. The SMILES string of the molecule is CCN(CC)c1ccc(N=C2C=C3CC4=CC(=Nc5ccc(N(CC)CC)cc5C)C=C(CC5=CC(=Nc6ccc(N(CC)CC)cc6C)C=C(CC6=CC(=Nc7ccc(N(CC)CC)cc7C)C=C(CC(=C2)C3=O)C6=O)C5=O)C4=O)c(C)c1. The van der Waals surface area contributed by atoms with Crippen molar-refractivity contribution in [3.8, 4) is 0 Å². The number of aryl methyl sites for hydroxylation is 4. The van der Waals surface area contributed by atoms with Crippen LogP contribution in [0.4, 0.5) is 45.5 Å². The van der Waals surface area contributed by atoms with Gasteiger partial charge in [0.2, 0.25) is 0 Å². The van der Waals surface area contributed by atoms with Gasteiger partial charge in [0.25, 0.3) is 0 Å². The topological polar surface area (TPSA) is 131 Å². The van der Waals surface area contributed by atoms with Crippen LogP contribution in [-0.2, 0) is 19.2 Å². The van der Waals surface area contributed by atoms with Crippen molar-refractivity contribution in [1.29, 1.82) is 0 Å². The molecule has 8 bridgehead atoms. The number of anilines is 4. The number of aliphatic imine (C=N–C) groups is 4. The molecule has 4 aromatic carbocycles. The first-order chi connectivity index (χ1) is 40.5. The van der Waals surface area contributed by atoms with E-state index in [2.05, 4.69) is 124 Å². The van der Waals surface area contributed by atoms with E-state index in [9.17, 15) is 0 Å². The molecule has 4 aromatic rings. The molecule has 12 heteroatoms. The Kier molecular flexibility index (Phi) is 18.8. The average molecular weight is 1120 g/mol. The van der Waals surface area contributed by atoms with Crippen LogP contribution < -0.4 is 19.6 Å². The number of allylic oxidation sites excluding steroid dienone is 16. The van der Waals surface area contributed by atoms with Crippen molar-refractivity contribution in [3.63, 3.8) is 0 Å². The van der Waals surface area contributed by atoms with Crippen LogP contribution in [0.1, 0.15) is 103 Å². The minimum Gasteiger partial charge on any atom is -0.372 e. The minimum atomic E-state index is -0.286. The van der Waals surface area contributed by atoms with Crippen LogP contribution in [0.5, 0.6) is 0 Å². The highest BCUT2D eigenvalue weighted by Gasteiger charge is 2.34. The van der Waals surface area contributed by atoms with Crippen LogP contribution in [0.25, 0.3) is 0 Å². The summed E-state index contributed by atoms with van der Waals surface area (Å²) in [4.78, 5) is 90.9. The summed E-state index contributed by atoms with van der Waals surface area (Å²) in [5.74, 6) is -1.15. The van der Waals surface area contributed by atoms with Gasteiger partial charge in [0.1, 0.15) is 0 Å². The molecule has 0 heterocycles. The van der Waals surface area contributed by atoms with Gasteiger partial charge < -0.3 is 19.6 Å². The molecule has 0 aliphatic heterocycles. The maximum Gasteiger partial charge on any atom is 0.185 e. The molecule has 9 rings (SSSR count). The first-order valence-electron chi connectivity index (χ1n) is 30.1. The lowest BCUT2D eigenvalue weighted by Gasteiger charge is -2.24. The summed E-state index contributed by atoms with van der Waals surface area (Å²) < 4.78 is 0. The third-order valence-electron chi connectivity index (χ3n) is 16.7. The van der Waals surface area contributed by atoms with Crippen LogP contribution in [0.2, 0.25) is 0 Å². The van der Waals surface area contributed by atoms with Gasteiger partial charge >= 0.3 is 0 Å². The quantitative estimate of drug-likeness (QED) is 0.101. The zero-order chi connectivity index (χ0) is 59.9. The van der Waals surface area contributed by atoms with Crippen LogP contribution in [-0.4, -0.2) is 98.3 Å². The number of rotatable bonds is 16. The Balaban J connectivity index is 1.23.